The first kappa shape index (κ1) is 16.9. The molecule has 2 rings (SSSR count). The molecule has 0 aromatic rings. The number of hydrogen-bond donors (Lipinski definition) is 2. The van der Waals surface area contributed by atoms with Gasteiger partial charge in [0.2, 0.25) is 0 Å². The lowest BCUT2D eigenvalue weighted by Gasteiger charge is -2.42. The van der Waals surface area contributed by atoms with Gasteiger partial charge >= 0.3 is 0 Å². The van der Waals surface area contributed by atoms with E-state index in [4.69, 9.17) is 13.9 Å². The molecule has 2 fully saturated rings. The normalized spacial score (nSPS) is 35.7. The van der Waals surface area contributed by atoms with Crippen LogP contribution in [0.15, 0.2) is 0 Å². The van der Waals surface area contributed by atoms with E-state index in [-0.39, 0.29) is 18.6 Å². The van der Waals surface area contributed by atoms with E-state index in [0.717, 1.165) is 0 Å². The van der Waals surface area contributed by atoms with E-state index in [1.807, 2.05) is 0 Å². The zero-order valence-corrected chi connectivity index (χ0v) is 14.7. The Balaban J connectivity index is 2.25. The lowest BCUT2D eigenvalue weighted by molar-refractivity contribution is -0.156. The van der Waals surface area contributed by atoms with Crippen LogP contribution in [0.25, 0.3) is 0 Å². The van der Waals surface area contributed by atoms with Crippen molar-refractivity contribution in [1.82, 2.24) is 5.32 Å². The van der Waals surface area contributed by atoms with E-state index < -0.39 is 32.4 Å². The topological polar surface area (TPSA) is 77.0 Å². The molecular weight excluding hydrogens is 290 g/mol. The lowest BCUT2D eigenvalue weighted by atomic mass is 9.96. The maximum Gasteiger partial charge on any atom is 0.252 e. The highest BCUT2D eigenvalue weighted by atomic mass is 28.4. The fourth-order valence-electron chi connectivity index (χ4n) is 2.59. The van der Waals surface area contributed by atoms with Crippen molar-refractivity contribution >= 4 is 14.2 Å². The quantitative estimate of drug-likeness (QED) is 0.756. The molecule has 2 N–H and O–H groups in total. The van der Waals surface area contributed by atoms with E-state index in [1.165, 1.54) is 0 Å². The van der Waals surface area contributed by atoms with E-state index in [0.29, 0.717) is 5.54 Å². The van der Waals surface area contributed by atoms with Crippen LogP contribution in [0.5, 0.6) is 0 Å². The minimum absolute atomic E-state index is 0.175. The standard InChI is InChI=1S/C14H27NO5Si/c1-8(2)21(5,6)20-10-9(7-16)15-13(17)12-11(10)18-14(3,4)19-12/h8-12,16H,7H2,1-6H3,(H,15,17)/t9-,10-,11+,12+/m1/s1. The molecule has 0 saturated carbocycles. The molecule has 122 valence electrons. The van der Waals surface area contributed by atoms with Crippen molar-refractivity contribution in [3.8, 4) is 0 Å². The molecule has 0 bridgehead atoms. The summed E-state index contributed by atoms with van der Waals surface area (Å²) in [7, 11) is -1.95. The van der Waals surface area contributed by atoms with Crippen LogP contribution in [0.4, 0.5) is 0 Å². The third-order valence-electron chi connectivity index (χ3n) is 4.46. The molecule has 0 aromatic heterocycles. The predicted octanol–water partition coefficient (Wildman–Crippen LogP) is 0.997. The highest BCUT2D eigenvalue weighted by Gasteiger charge is 2.55. The number of hydrogen-bond acceptors (Lipinski definition) is 5. The van der Waals surface area contributed by atoms with Gasteiger partial charge in [-0.3, -0.25) is 4.79 Å². The first-order valence-corrected chi connectivity index (χ1v) is 10.5. The highest BCUT2D eigenvalue weighted by Crippen LogP contribution is 2.36. The third-order valence-corrected chi connectivity index (χ3v) is 8.12. The van der Waals surface area contributed by atoms with Crippen molar-refractivity contribution in [3.05, 3.63) is 0 Å². The van der Waals surface area contributed by atoms with Gasteiger partial charge < -0.3 is 24.3 Å². The Morgan fingerprint density at radius 2 is 2.00 bits per heavy atom. The molecule has 1 amide bonds. The second-order valence-corrected chi connectivity index (χ2v) is 11.8. The van der Waals surface area contributed by atoms with Gasteiger partial charge in [-0.05, 0) is 32.5 Å². The van der Waals surface area contributed by atoms with Crippen LogP contribution in [0, 0.1) is 0 Å². The summed E-state index contributed by atoms with van der Waals surface area (Å²) in [5, 5.41) is 12.4. The van der Waals surface area contributed by atoms with Crippen LogP contribution in [0.1, 0.15) is 27.7 Å². The number of fused-ring (bicyclic) bond motifs is 1. The van der Waals surface area contributed by atoms with Crippen molar-refractivity contribution in [2.24, 2.45) is 0 Å². The fourth-order valence-corrected chi connectivity index (χ4v) is 3.87. The number of nitrogens with one attached hydrogen (secondary N) is 1. The van der Waals surface area contributed by atoms with Crippen LogP contribution in [-0.2, 0) is 18.7 Å². The van der Waals surface area contributed by atoms with Gasteiger partial charge in [-0.15, -0.1) is 0 Å². The minimum Gasteiger partial charge on any atom is -0.409 e. The first-order chi connectivity index (χ1) is 9.57. The van der Waals surface area contributed by atoms with Crippen LogP contribution in [0.3, 0.4) is 0 Å². The van der Waals surface area contributed by atoms with E-state index in [1.54, 1.807) is 13.8 Å². The SMILES string of the molecule is CC(C)[Si](C)(C)O[C@H]1[C@@H]2OC(C)(C)O[C@@H]2C(=O)N[C@@H]1CO. The van der Waals surface area contributed by atoms with Gasteiger partial charge in [0.05, 0.1) is 18.8 Å². The van der Waals surface area contributed by atoms with Crippen molar-refractivity contribution < 1.29 is 23.8 Å². The van der Waals surface area contributed by atoms with Crippen molar-refractivity contribution in [3.63, 3.8) is 0 Å². The zero-order chi connectivity index (χ0) is 16.0. The summed E-state index contributed by atoms with van der Waals surface area (Å²) in [4.78, 5) is 12.1. The summed E-state index contributed by atoms with van der Waals surface area (Å²) in [5.74, 6) is -1.06. The molecular formula is C14H27NO5Si. The molecule has 0 unspecified atom stereocenters. The summed E-state index contributed by atoms with van der Waals surface area (Å²) >= 11 is 0. The van der Waals surface area contributed by atoms with Crippen molar-refractivity contribution in [1.29, 1.82) is 0 Å². The lowest BCUT2D eigenvalue weighted by Crippen LogP contribution is -2.65. The number of amides is 1. The van der Waals surface area contributed by atoms with Crippen molar-refractivity contribution in [2.45, 2.75) is 76.5 Å². The monoisotopic (exact) mass is 317 g/mol. The molecule has 0 aromatic carbocycles. The summed E-state index contributed by atoms with van der Waals surface area (Å²) in [6.07, 6.45) is -1.54. The van der Waals surface area contributed by atoms with Crippen LogP contribution >= 0.6 is 0 Å². The van der Waals surface area contributed by atoms with Gasteiger partial charge in [-0.25, -0.2) is 0 Å². The minimum atomic E-state index is -1.95. The molecule has 2 heterocycles. The number of carbonyl (C=O) groups excluding carboxylic acids is 1. The summed E-state index contributed by atoms with van der Waals surface area (Å²) in [6.45, 7) is 11.9. The Morgan fingerprint density at radius 1 is 1.38 bits per heavy atom. The fraction of sp³-hybridized carbons (Fsp3) is 0.929. The zero-order valence-electron chi connectivity index (χ0n) is 13.7. The molecule has 6 nitrogen and oxygen atoms in total. The van der Waals surface area contributed by atoms with Gasteiger partial charge in [-0.2, -0.15) is 0 Å². The van der Waals surface area contributed by atoms with E-state index in [9.17, 15) is 9.90 Å². The summed E-state index contributed by atoms with van der Waals surface area (Å²) in [5.41, 5.74) is 0.420. The van der Waals surface area contributed by atoms with Gasteiger partial charge in [0.25, 0.3) is 5.91 Å². The Labute approximate surface area is 127 Å². The van der Waals surface area contributed by atoms with E-state index in [2.05, 4.69) is 32.3 Å². The molecule has 7 heteroatoms. The molecule has 2 aliphatic rings. The summed E-state index contributed by atoms with van der Waals surface area (Å²) in [6, 6.07) is -0.457. The molecule has 4 atom stereocenters. The molecule has 21 heavy (non-hydrogen) atoms. The Morgan fingerprint density at radius 3 is 2.52 bits per heavy atom. The first-order valence-electron chi connectivity index (χ1n) is 7.52. The second-order valence-electron chi connectivity index (χ2n) is 7.16. The number of carbonyl (C=O) groups is 1. The third kappa shape index (κ3) is 3.32. The molecule has 0 radical (unpaired) electrons. The highest BCUT2D eigenvalue weighted by molar-refractivity contribution is 6.72. The molecule has 0 spiro atoms. The van der Waals surface area contributed by atoms with Crippen LogP contribution in [-0.4, -0.2) is 56.1 Å². The maximum atomic E-state index is 12.1. The number of piperidine rings is 1. The van der Waals surface area contributed by atoms with Crippen LogP contribution in [0.2, 0.25) is 18.6 Å². The molecule has 0 aliphatic carbocycles. The van der Waals surface area contributed by atoms with E-state index >= 15 is 0 Å². The Kier molecular flexibility index (Phi) is 4.52. The number of aliphatic hydroxyl groups excluding tert-OH is 1. The van der Waals surface area contributed by atoms with Gasteiger partial charge in [0.15, 0.2) is 20.2 Å². The summed E-state index contributed by atoms with van der Waals surface area (Å²) < 4.78 is 17.9. The Bertz CT molecular complexity index is 412. The van der Waals surface area contributed by atoms with Crippen molar-refractivity contribution in [2.75, 3.05) is 6.61 Å². The predicted molar refractivity (Wildman–Crippen MR) is 80.3 cm³/mol. The maximum absolute atomic E-state index is 12.1. The number of ether oxygens (including phenoxy) is 2. The smallest absolute Gasteiger partial charge is 0.252 e. The number of aliphatic hydroxyl groups is 1. The average molecular weight is 317 g/mol. The molecule has 2 aliphatic heterocycles. The average Bonchev–Trinajstić information content (AvgIpc) is 2.68. The largest absolute Gasteiger partial charge is 0.409 e. The Hall–Kier alpha value is -0.473. The molecule has 2 saturated heterocycles. The van der Waals surface area contributed by atoms with Gasteiger partial charge in [0.1, 0.15) is 6.10 Å². The number of rotatable bonds is 4. The second kappa shape index (κ2) is 5.62. The van der Waals surface area contributed by atoms with Gasteiger partial charge in [-0.1, -0.05) is 13.8 Å². The van der Waals surface area contributed by atoms with Crippen LogP contribution < -0.4 is 5.32 Å². The van der Waals surface area contributed by atoms with Gasteiger partial charge in [0, 0.05) is 0 Å².